The van der Waals surface area contributed by atoms with E-state index < -0.39 is 0 Å². The van der Waals surface area contributed by atoms with Crippen molar-refractivity contribution < 1.29 is 4.79 Å². The predicted molar refractivity (Wildman–Crippen MR) is 85.7 cm³/mol. The van der Waals surface area contributed by atoms with Crippen LogP contribution in [-0.2, 0) is 11.2 Å². The lowest BCUT2D eigenvalue weighted by Gasteiger charge is -2.08. The lowest BCUT2D eigenvalue weighted by Crippen LogP contribution is -2.26. The van der Waals surface area contributed by atoms with E-state index in [-0.39, 0.29) is 11.2 Å². The highest BCUT2D eigenvalue weighted by Gasteiger charge is 2.30. The second kappa shape index (κ2) is 6.10. The van der Waals surface area contributed by atoms with Gasteiger partial charge in [0.1, 0.15) is 0 Å². The first kappa shape index (κ1) is 13.8. The van der Waals surface area contributed by atoms with Crippen LogP contribution in [0.1, 0.15) is 11.1 Å². The highest BCUT2D eigenvalue weighted by atomic mass is 32.2. The summed E-state index contributed by atoms with van der Waals surface area (Å²) in [6.45, 7) is 2.07. The van der Waals surface area contributed by atoms with Crippen LogP contribution in [0.3, 0.4) is 0 Å². The number of rotatable bonds is 3. The summed E-state index contributed by atoms with van der Waals surface area (Å²) in [6, 6.07) is 13.7. The summed E-state index contributed by atoms with van der Waals surface area (Å²) >= 11 is 1.47. The number of aromatic nitrogens is 1. The molecule has 5 heteroatoms. The van der Waals surface area contributed by atoms with E-state index in [1.807, 2.05) is 30.3 Å². The molecule has 4 nitrogen and oxygen atoms in total. The molecule has 0 bridgehead atoms. The zero-order valence-corrected chi connectivity index (χ0v) is 12.4. The molecule has 1 aromatic heterocycles. The highest BCUT2D eigenvalue weighted by molar-refractivity contribution is 8.15. The number of nitrogens with zero attached hydrogens (tertiary/aromatic N) is 2. The third-order valence-corrected chi connectivity index (χ3v) is 4.39. The van der Waals surface area contributed by atoms with E-state index in [1.165, 1.54) is 22.9 Å². The van der Waals surface area contributed by atoms with E-state index >= 15 is 0 Å². The fraction of sp³-hybridized carbons (Fsp3) is 0.188. The van der Waals surface area contributed by atoms with Gasteiger partial charge in [0.15, 0.2) is 11.0 Å². The van der Waals surface area contributed by atoms with Gasteiger partial charge in [-0.25, -0.2) is 9.98 Å². The number of amidine groups is 1. The summed E-state index contributed by atoms with van der Waals surface area (Å²) in [5, 5.41) is 3.32. The number of aliphatic imine (C=N–C) groups is 1. The maximum absolute atomic E-state index is 12.1. The van der Waals surface area contributed by atoms with Crippen molar-refractivity contribution in [1.29, 1.82) is 0 Å². The van der Waals surface area contributed by atoms with E-state index in [2.05, 4.69) is 34.3 Å². The molecule has 1 saturated heterocycles. The Kier molecular flexibility index (Phi) is 4.01. The van der Waals surface area contributed by atoms with Crippen LogP contribution in [0, 0.1) is 6.92 Å². The topological polar surface area (TPSA) is 54.4 Å². The SMILES string of the molecule is Cc1ccccc1C[C@@H]1S/C(=N/c2ccccn2)NC1=O. The van der Waals surface area contributed by atoms with Crippen molar-refractivity contribution in [2.75, 3.05) is 0 Å². The highest BCUT2D eigenvalue weighted by Crippen LogP contribution is 2.25. The smallest absolute Gasteiger partial charge is 0.239 e. The lowest BCUT2D eigenvalue weighted by molar-refractivity contribution is -0.118. The van der Waals surface area contributed by atoms with Gasteiger partial charge < -0.3 is 5.32 Å². The second-order valence-electron chi connectivity index (χ2n) is 4.83. The van der Waals surface area contributed by atoms with Crippen LogP contribution in [-0.4, -0.2) is 21.3 Å². The molecular weight excluding hydrogens is 282 g/mol. The fourth-order valence-electron chi connectivity index (χ4n) is 2.16. The maximum atomic E-state index is 12.1. The van der Waals surface area contributed by atoms with Gasteiger partial charge >= 0.3 is 0 Å². The average molecular weight is 297 g/mol. The van der Waals surface area contributed by atoms with Crippen molar-refractivity contribution in [2.45, 2.75) is 18.6 Å². The fourth-order valence-corrected chi connectivity index (χ4v) is 3.16. The molecule has 21 heavy (non-hydrogen) atoms. The van der Waals surface area contributed by atoms with Gasteiger partial charge in [-0.3, -0.25) is 4.79 Å². The van der Waals surface area contributed by atoms with Crippen LogP contribution >= 0.6 is 11.8 Å². The van der Waals surface area contributed by atoms with Crippen LogP contribution in [0.2, 0.25) is 0 Å². The number of hydrogen-bond acceptors (Lipinski definition) is 4. The van der Waals surface area contributed by atoms with E-state index in [4.69, 9.17) is 0 Å². The first-order valence-corrected chi connectivity index (χ1v) is 7.62. The zero-order chi connectivity index (χ0) is 14.7. The summed E-state index contributed by atoms with van der Waals surface area (Å²) in [5.41, 5.74) is 2.41. The molecular formula is C16H15N3OS. The van der Waals surface area contributed by atoms with Crippen molar-refractivity contribution in [2.24, 2.45) is 4.99 Å². The van der Waals surface area contributed by atoms with Crippen LogP contribution in [0.5, 0.6) is 0 Å². The Balaban J connectivity index is 1.74. The first-order chi connectivity index (χ1) is 10.2. The first-order valence-electron chi connectivity index (χ1n) is 6.74. The van der Waals surface area contributed by atoms with Crippen LogP contribution in [0.25, 0.3) is 0 Å². The molecule has 1 atom stereocenters. The summed E-state index contributed by atoms with van der Waals surface area (Å²) in [7, 11) is 0. The van der Waals surface area contributed by atoms with Gasteiger partial charge in [0.2, 0.25) is 5.91 Å². The van der Waals surface area contributed by atoms with Gasteiger partial charge in [-0.05, 0) is 36.6 Å². The normalized spacial score (nSPS) is 19.8. The summed E-state index contributed by atoms with van der Waals surface area (Å²) in [5.74, 6) is 0.620. The van der Waals surface area contributed by atoms with Gasteiger partial charge in [0.05, 0.1) is 5.25 Å². The number of thioether (sulfide) groups is 1. The zero-order valence-electron chi connectivity index (χ0n) is 11.6. The van der Waals surface area contributed by atoms with Crippen molar-refractivity contribution in [3.63, 3.8) is 0 Å². The Bertz CT molecular complexity index is 685. The van der Waals surface area contributed by atoms with Crippen molar-refractivity contribution in [3.05, 3.63) is 59.8 Å². The predicted octanol–water partition coefficient (Wildman–Crippen LogP) is 2.85. The summed E-state index contributed by atoms with van der Waals surface area (Å²) in [4.78, 5) is 20.6. The van der Waals surface area contributed by atoms with E-state index in [9.17, 15) is 4.79 Å². The third kappa shape index (κ3) is 3.31. The minimum atomic E-state index is -0.131. The molecule has 0 radical (unpaired) electrons. The van der Waals surface area contributed by atoms with Gasteiger partial charge in [-0.1, -0.05) is 42.1 Å². The molecule has 1 aliphatic rings. The third-order valence-electron chi connectivity index (χ3n) is 3.31. The number of pyridine rings is 1. The number of benzene rings is 1. The van der Waals surface area contributed by atoms with E-state index in [0.717, 1.165) is 0 Å². The van der Waals surface area contributed by atoms with Crippen LogP contribution in [0.4, 0.5) is 5.82 Å². The number of aryl methyl sites for hydroxylation is 1. The molecule has 1 aliphatic heterocycles. The summed E-state index contributed by atoms with van der Waals surface area (Å²) < 4.78 is 0. The van der Waals surface area contributed by atoms with Gasteiger partial charge in [-0.15, -0.1) is 0 Å². The average Bonchev–Trinajstić information content (AvgIpc) is 2.82. The Morgan fingerprint density at radius 3 is 2.81 bits per heavy atom. The molecule has 1 amide bonds. The number of hydrogen-bond donors (Lipinski definition) is 1. The Morgan fingerprint density at radius 2 is 2.05 bits per heavy atom. The van der Waals surface area contributed by atoms with Crippen molar-refractivity contribution in [3.8, 4) is 0 Å². The van der Waals surface area contributed by atoms with Crippen LogP contribution < -0.4 is 5.32 Å². The maximum Gasteiger partial charge on any atom is 0.239 e. The number of carbonyl (C=O) groups excluding carboxylic acids is 1. The van der Waals surface area contributed by atoms with E-state index in [1.54, 1.807) is 6.20 Å². The van der Waals surface area contributed by atoms with Crippen molar-refractivity contribution >= 4 is 28.7 Å². The molecule has 0 spiro atoms. The number of carbonyl (C=O) groups is 1. The molecule has 3 rings (SSSR count). The molecule has 0 unspecified atom stereocenters. The second-order valence-corrected chi connectivity index (χ2v) is 6.02. The molecule has 0 aliphatic carbocycles. The standard InChI is InChI=1S/C16H15N3OS/c1-11-6-2-3-7-12(11)10-13-15(20)19-16(21-13)18-14-8-4-5-9-17-14/h2-9,13H,10H2,1H3,(H,17,18,19,20)/t13-/m0/s1. The Morgan fingerprint density at radius 1 is 1.24 bits per heavy atom. The van der Waals surface area contributed by atoms with Gasteiger partial charge in [-0.2, -0.15) is 0 Å². The lowest BCUT2D eigenvalue weighted by atomic mass is 10.0. The van der Waals surface area contributed by atoms with Crippen molar-refractivity contribution in [1.82, 2.24) is 10.3 Å². The Labute approximate surface area is 127 Å². The van der Waals surface area contributed by atoms with Gasteiger partial charge in [0.25, 0.3) is 0 Å². The minimum Gasteiger partial charge on any atom is -0.304 e. The monoisotopic (exact) mass is 297 g/mol. The minimum absolute atomic E-state index is 0.0120. The van der Waals surface area contributed by atoms with Gasteiger partial charge in [0, 0.05) is 6.20 Å². The molecule has 106 valence electrons. The van der Waals surface area contributed by atoms with E-state index in [0.29, 0.717) is 17.4 Å². The van der Waals surface area contributed by atoms with Crippen LogP contribution in [0.15, 0.2) is 53.7 Å². The largest absolute Gasteiger partial charge is 0.304 e. The Hall–Kier alpha value is -2.14. The molecule has 2 heterocycles. The molecule has 1 aromatic carbocycles. The number of nitrogens with one attached hydrogen (secondary N) is 1. The quantitative estimate of drug-likeness (QED) is 0.948. The molecule has 2 aromatic rings. The molecule has 1 fully saturated rings. The molecule has 0 saturated carbocycles. The molecule has 1 N–H and O–H groups in total. The summed E-state index contributed by atoms with van der Waals surface area (Å²) in [6.07, 6.45) is 2.40. The number of amides is 1.